The molecular formula is C9H16N2O5. The van der Waals surface area contributed by atoms with E-state index in [0.29, 0.717) is 0 Å². The Hall–Kier alpha value is -1.63. The highest BCUT2D eigenvalue weighted by atomic mass is 16.4. The van der Waals surface area contributed by atoms with Gasteiger partial charge in [-0.3, -0.25) is 14.4 Å². The zero-order valence-corrected chi connectivity index (χ0v) is 9.05. The molecule has 1 unspecified atom stereocenters. The molecule has 0 aliphatic carbocycles. The van der Waals surface area contributed by atoms with Gasteiger partial charge in [0.05, 0.1) is 12.5 Å². The number of amides is 1. The summed E-state index contributed by atoms with van der Waals surface area (Å²) < 4.78 is 0. The lowest BCUT2D eigenvalue weighted by molar-refractivity contribution is -0.138. The van der Waals surface area contributed by atoms with Crippen molar-refractivity contribution >= 4 is 17.8 Å². The maximum Gasteiger partial charge on any atom is 0.305 e. The van der Waals surface area contributed by atoms with Gasteiger partial charge in [-0.05, 0) is 6.42 Å². The third-order valence-corrected chi connectivity index (χ3v) is 2.02. The maximum absolute atomic E-state index is 11.5. The highest BCUT2D eigenvalue weighted by Gasteiger charge is 2.19. The Morgan fingerprint density at radius 1 is 1.19 bits per heavy atom. The van der Waals surface area contributed by atoms with Gasteiger partial charge in [-0.25, -0.2) is 0 Å². The Kier molecular flexibility index (Phi) is 6.09. The smallest absolute Gasteiger partial charge is 0.305 e. The van der Waals surface area contributed by atoms with Crippen molar-refractivity contribution in [3.8, 4) is 0 Å². The van der Waals surface area contributed by atoms with Gasteiger partial charge in [-0.2, -0.15) is 0 Å². The summed E-state index contributed by atoms with van der Waals surface area (Å²) in [6.07, 6.45) is -0.293. The summed E-state index contributed by atoms with van der Waals surface area (Å²) in [5, 5.41) is 16.8. The lowest BCUT2D eigenvalue weighted by Crippen LogP contribution is -2.42. The van der Waals surface area contributed by atoms with Crippen molar-refractivity contribution in [2.45, 2.75) is 25.3 Å². The van der Waals surface area contributed by atoms with E-state index in [-0.39, 0.29) is 25.8 Å². The van der Waals surface area contributed by atoms with Crippen molar-refractivity contribution in [3.63, 3.8) is 0 Å². The van der Waals surface area contributed by atoms with E-state index < -0.39 is 23.9 Å². The Labute approximate surface area is 92.8 Å². The number of likely N-dealkylation sites (N-methyl/N-ethyl adjacent to an activating group) is 1. The van der Waals surface area contributed by atoms with Crippen molar-refractivity contribution in [1.29, 1.82) is 0 Å². The summed E-state index contributed by atoms with van der Waals surface area (Å²) in [6, 6.07) is -0.894. The van der Waals surface area contributed by atoms with Crippen LogP contribution in [-0.2, 0) is 14.4 Å². The van der Waals surface area contributed by atoms with Crippen LogP contribution in [0.5, 0.6) is 0 Å². The summed E-state index contributed by atoms with van der Waals surface area (Å²) in [5.41, 5.74) is 5.47. The summed E-state index contributed by atoms with van der Waals surface area (Å²) in [5.74, 6) is -2.46. The maximum atomic E-state index is 11.5. The molecule has 0 saturated carbocycles. The predicted molar refractivity (Wildman–Crippen MR) is 54.7 cm³/mol. The summed E-state index contributed by atoms with van der Waals surface area (Å²) in [7, 11) is 1.44. The molecular weight excluding hydrogens is 216 g/mol. The van der Waals surface area contributed by atoms with Crippen LogP contribution in [-0.4, -0.2) is 52.6 Å². The molecule has 7 nitrogen and oxygen atoms in total. The second-order valence-electron chi connectivity index (χ2n) is 3.44. The molecule has 0 heterocycles. The molecule has 0 rings (SSSR count). The molecule has 0 fully saturated rings. The molecule has 0 bridgehead atoms. The van der Waals surface area contributed by atoms with Gasteiger partial charge in [0.2, 0.25) is 5.91 Å². The van der Waals surface area contributed by atoms with Crippen LogP contribution in [0.3, 0.4) is 0 Å². The van der Waals surface area contributed by atoms with Crippen molar-refractivity contribution in [2.24, 2.45) is 5.73 Å². The zero-order valence-electron chi connectivity index (χ0n) is 9.05. The number of carboxylic acid groups (broad SMARTS) is 2. The second kappa shape index (κ2) is 6.78. The molecule has 0 radical (unpaired) electrons. The molecule has 92 valence electrons. The Morgan fingerprint density at radius 3 is 2.12 bits per heavy atom. The minimum absolute atomic E-state index is 0.0472. The standard InChI is InChI=1S/C9H16N2O5/c1-11(5-4-8(14)15)9(16)6(10)2-3-7(12)13/h6H,2-5,10H2,1H3,(H,12,13)(H,14,15). The van der Waals surface area contributed by atoms with Crippen LogP contribution in [0.1, 0.15) is 19.3 Å². The summed E-state index contributed by atoms with van der Waals surface area (Å²) in [6.45, 7) is 0.0644. The number of nitrogens with two attached hydrogens (primary N) is 1. The molecule has 0 saturated heterocycles. The SMILES string of the molecule is CN(CCC(=O)O)C(=O)C(N)CCC(=O)O. The van der Waals surface area contributed by atoms with Gasteiger partial charge in [0.1, 0.15) is 0 Å². The van der Waals surface area contributed by atoms with Gasteiger partial charge in [0, 0.05) is 20.0 Å². The van der Waals surface area contributed by atoms with Gasteiger partial charge < -0.3 is 20.8 Å². The molecule has 4 N–H and O–H groups in total. The van der Waals surface area contributed by atoms with Crippen LogP contribution >= 0.6 is 0 Å². The highest BCUT2D eigenvalue weighted by Crippen LogP contribution is 2.00. The first kappa shape index (κ1) is 14.4. The van der Waals surface area contributed by atoms with E-state index >= 15 is 0 Å². The number of carbonyl (C=O) groups is 3. The summed E-state index contributed by atoms with van der Waals surface area (Å²) >= 11 is 0. The van der Waals surface area contributed by atoms with E-state index in [1.807, 2.05) is 0 Å². The average Bonchev–Trinajstić information content (AvgIpc) is 2.21. The molecule has 0 aromatic carbocycles. The topological polar surface area (TPSA) is 121 Å². The van der Waals surface area contributed by atoms with Crippen molar-refractivity contribution in [2.75, 3.05) is 13.6 Å². The first-order valence-corrected chi connectivity index (χ1v) is 4.78. The van der Waals surface area contributed by atoms with Crippen LogP contribution in [0.15, 0.2) is 0 Å². The van der Waals surface area contributed by atoms with E-state index in [4.69, 9.17) is 15.9 Å². The van der Waals surface area contributed by atoms with E-state index in [2.05, 4.69) is 0 Å². The number of nitrogens with zero attached hydrogens (tertiary/aromatic N) is 1. The fourth-order valence-electron chi connectivity index (χ4n) is 1.06. The number of rotatable bonds is 7. The van der Waals surface area contributed by atoms with Gasteiger partial charge in [-0.1, -0.05) is 0 Å². The third kappa shape index (κ3) is 5.97. The summed E-state index contributed by atoms with van der Waals surface area (Å²) in [4.78, 5) is 33.2. The predicted octanol–water partition coefficient (Wildman–Crippen LogP) is -0.888. The third-order valence-electron chi connectivity index (χ3n) is 2.02. The van der Waals surface area contributed by atoms with E-state index in [1.165, 1.54) is 11.9 Å². The van der Waals surface area contributed by atoms with Crippen LogP contribution in [0, 0.1) is 0 Å². The van der Waals surface area contributed by atoms with Gasteiger partial charge in [0.15, 0.2) is 0 Å². The Bertz CT molecular complexity index is 253. The quantitative estimate of drug-likeness (QED) is 0.523. The molecule has 0 aliphatic rings. The molecule has 0 spiro atoms. The number of carbonyl (C=O) groups excluding carboxylic acids is 1. The Balaban J connectivity index is 4.00. The van der Waals surface area contributed by atoms with Gasteiger partial charge in [0.25, 0.3) is 0 Å². The monoisotopic (exact) mass is 232 g/mol. The molecule has 0 aliphatic heterocycles. The van der Waals surface area contributed by atoms with Gasteiger partial charge in [-0.15, -0.1) is 0 Å². The number of aliphatic carboxylic acids is 2. The van der Waals surface area contributed by atoms with E-state index in [1.54, 1.807) is 0 Å². The van der Waals surface area contributed by atoms with Crippen LogP contribution in [0.25, 0.3) is 0 Å². The largest absolute Gasteiger partial charge is 0.481 e. The van der Waals surface area contributed by atoms with Crippen LogP contribution < -0.4 is 5.73 Å². The molecule has 0 aromatic rings. The fraction of sp³-hybridized carbons (Fsp3) is 0.667. The molecule has 7 heteroatoms. The fourth-order valence-corrected chi connectivity index (χ4v) is 1.06. The minimum Gasteiger partial charge on any atom is -0.481 e. The van der Waals surface area contributed by atoms with Crippen molar-refractivity contribution in [3.05, 3.63) is 0 Å². The second-order valence-corrected chi connectivity index (χ2v) is 3.44. The van der Waals surface area contributed by atoms with Crippen molar-refractivity contribution < 1.29 is 24.6 Å². The molecule has 0 aromatic heterocycles. The lowest BCUT2D eigenvalue weighted by Gasteiger charge is -2.20. The number of hydrogen-bond donors (Lipinski definition) is 3. The molecule has 16 heavy (non-hydrogen) atoms. The molecule has 1 atom stereocenters. The molecule has 1 amide bonds. The van der Waals surface area contributed by atoms with Gasteiger partial charge >= 0.3 is 11.9 Å². The van der Waals surface area contributed by atoms with Crippen molar-refractivity contribution in [1.82, 2.24) is 4.90 Å². The zero-order chi connectivity index (χ0) is 12.7. The normalized spacial score (nSPS) is 11.9. The first-order valence-electron chi connectivity index (χ1n) is 4.78. The number of hydrogen-bond acceptors (Lipinski definition) is 4. The minimum atomic E-state index is -1.02. The van der Waals surface area contributed by atoms with Crippen LogP contribution in [0.4, 0.5) is 0 Å². The Morgan fingerprint density at radius 2 is 1.69 bits per heavy atom. The van der Waals surface area contributed by atoms with E-state index in [9.17, 15) is 14.4 Å². The number of carboxylic acids is 2. The highest BCUT2D eigenvalue weighted by molar-refractivity contribution is 5.82. The first-order chi connectivity index (χ1) is 7.34. The van der Waals surface area contributed by atoms with E-state index in [0.717, 1.165) is 0 Å². The lowest BCUT2D eigenvalue weighted by atomic mass is 10.1. The van der Waals surface area contributed by atoms with Crippen LogP contribution in [0.2, 0.25) is 0 Å². The average molecular weight is 232 g/mol.